The number of hydrogen-bond acceptors (Lipinski definition) is 4. The molecule has 2 aromatic heterocycles. The van der Waals surface area contributed by atoms with E-state index < -0.39 is 0 Å². The van der Waals surface area contributed by atoms with Crippen LogP contribution in [0, 0.1) is 0 Å². The van der Waals surface area contributed by atoms with E-state index in [1.54, 1.807) is 29.7 Å². The van der Waals surface area contributed by atoms with Crippen molar-refractivity contribution in [2.45, 2.75) is 6.54 Å². The van der Waals surface area contributed by atoms with Crippen LogP contribution < -0.4 is 4.90 Å². The second-order valence-corrected chi connectivity index (χ2v) is 5.53. The van der Waals surface area contributed by atoms with Gasteiger partial charge in [0.15, 0.2) is 6.29 Å². The van der Waals surface area contributed by atoms with Gasteiger partial charge in [-0.3, -0.25) is 4.79 Å². The van der Waals surface area contributed by atoms with Crippen LogP contribution in [0.1, 0.15) is 15.2 Å². The zero-order chi connectivity index (χ0) is 12.3. The molecule has 0 fully saturated rings. The third kappa shape index (κ3) is 2.92. The number of pyridine rings is 1. The number of rotatable bonds is 4. The van der Waals surface area contributed by atoms with Gasteiger partial charge in [0, 0.05) is 28.0 Å². The van der Waals surface area contributed by atoms with Crippen LogP contribution in [-0.4, -0.2) is 18.3 Å². The molecule has 0 aromatic carbocycles. The monoisotopic (exact) mass is 310 g/mol. The summed E-state index contributed by atoms with van der Waals surface area (Å²) < 4.78 is 1.09. The lowest BCUT2D eigenvalue weighted by Gasteiger charge is -2.18. The van der Waals surface area contributed by atoms with Crippen molar-refractivity contribution in [2.75, 3.05) is 11.9 Å². The largest absolute Gasteiger partial charge is 0.354 e. The Morgan fingerprint density at radius 2 is 2.41 bits per heavy atom. The van der Waals surface area contributed by atoms with Crippen LogP contribution in [0.5, 0.6) is 0 Å². The Kier molecular flexibility index (Phi) is 3.91. The Hall–Kier alpha value is -1.20. The summed E-state index contributed by atoms with van der Waals surface area (Å²) in [6.45, 7) is 0.744. The molecule has 2 rings (SSSR count). The lowest BCUT2D eigenvalue weighted by atomic mass is 10.2. The number of anilines is 1. The number of nitrogens with zero attached hydrogens (tertiary/aromatic N) is 2. The van der Waals surface area contributed by atoms with Gasteiger partial charge in [-0.15, -0.1) is 11.3 Å². The summed E-state index contributed by atoms with van der Waals surface area (Å²) in [6.07, 6.45) is 2.53. The van der Waals surface area contributed by atoms with E-state index in [1.807, 2.05) is 17.3 Å². The molecule has 0 bridgehead atoms. The number of thiophene rings is 1. The van der Waals surface area contributed by atoms with Crippen molar-refractivity contribution in [1.29, 1.82) is 0 Å². The second-order valence-electron chi connectivity index (χ2n) is 3.62. The predicted molar refractivity (Wildman–Crippen MR) is 73.8 cm³/mol. The molecule has 2 heterocycles. The van der Waals surface area contributed by atoms with Gasteiger partial charge >= 0.3 is 0 Å². The molecule has 88 valence electrons. The molecule has 0 amide bonds. The average molecular weight is 311 g/mol. The van der Waals surface area contributed by atoms with E-state index in [0.29, 0.717) is 11.4 Å². The Morgan fingerprint density at radius 1 is 1.59 bits per heavy atom. The van der Waals surface area contributed by atoms with Crippen molar-refractivity contribution in [2.24, 2.45) is 0 Å². The maximum absolute atomic E-state index is 10.9. The van der Waals surface area contributed by atoms with E-state index in [-0.39, 0.29) is 0 Å². The van der Waals surface area contributed by atoms with E-state index >= 15 is 0 Å². The average Bonchev–Trinajstić information content (AvgIpc) is 2.74. The van der Waals surface area contributed by atoms with Crippen molar-refractivity contribution >= 4 is 39.4 Å². The first-order valence-corrected chi connectivity index (χ1v) is 6.72. The first-order valence-electron chi connectivity index (χ1n) is 5.05. The van der Waals surface area contributed by atoms with E-state index in [0.717, 1.165) is 17.3 Å². The van der Waals surface area contributed by atoms with Gasteiger partial charge in [0.25, 0.3) is 0 Å². The minimum absolute atomic E-state index is 0.616. The molecule has 17 heavy (non-hydrogen) atoms. The number of aldehydes is 1. The lowest BCUT2D eigenvalue weighted by Crippen LogP contribution is -2.18. The van der Waals surface area contributed by atoms with Gasteiger partial charge < -0.3 is 4.90 Å². The molecule has 0 aliphatic carbocycles. The Labute approximate surface area is 112 Å². The minimum Gasteiger partial charge on any atom is -0.354 e. The van der Waals surface area contributed by atoms with E-state index in [1.165, 1.54) is 4.88 Å². The molecule has 0 spiro atoms. The molecular formula is C12H11BrN2OS. The third-order valence-corrected chi connectivity index (χ3v) is 4.00. The maximum Gasteiger partial charge on any atom is 0.153 e. The van der Waals surface area contributed by atoms with Crippen LogP contribution in [0.3, 0.4) is 0 Å². The molecule has 2 aromatic rings. The summed E-state index contributed by atoms with van der Waals surface area (Å²) in [7, 11) is 1.93. The van der Waals surface area contributed by atoms with Crippen LogP contribution in [-0.2, 0) is 6.54 Å². The predicted octanol–water partition coefficient (Wildman–Crippen LogP) is 3.35. The molecule has 0 radical (unpaired) electrons. The van der Waals surface area contributed by atoms with Crippen molar-refractivity contribution in [3.05, 3.63) is 44.7 Å². The summed E-state index contributed by atoms with van der Waals surface area (Å²) >= 11 is 5.11. The summed E-state index contributed by atoms with van der Waals surface area (Å²) in [4.78, 5) is 18.4. The second kappa shape index (κ2) is 5.42. The smallest absolute Gasteiger partial charge is 0.153 e. The normalized spacial score (nSPS) is 10.2. The molecule has 0 aliphatic heterocycles. The zero-order valence-corrected chi connectivity index (χ0v) is 11.7. The third-order valence-electron chi connectivity index (χ3n) is 2.32. The highest BCUT2D eigenvalue weighted by molar-refractivity contribution is 9.10. The van der Waals surface area contributed by atoms with Crippen LogP contribution in [0.2, 0.25) is 0 Å². The van der Waals surface area contributed by atoms with Crippen molar-refractivity contribution in [1.82, 2.24) is 4.98 Å². The zero-order valence-electron chi connectivity index (χ0n) is 9.26. The standard InChI is InChI=1S/C12H11BrN2OS/c1-15(6-11-5-10(13)8-17-11)12-9(7-16)3-2-4-14-12/h2-5,7-8H,6H2,1H3. The van der Waals surface area contributed by atoms with Crippen molar-refractivity contribution in [3.8, 4) is 0 Å². The Bertz CT molecular complexity index is 527. The summed E-state index contributed by atoms with van der Waals surface area (Å²) in [6, 6.07) is 5.61. The highest BCUT2D eigenvalue weighted by Crippen LogP contribution is 2.23. The van der Waals surface area contributed by atoms with E-state index in [2.05, 4.69) is 27.0 Å². The van der Waals surface area contributed by atoms with Gasteiger partial charge in [0.2, 0.25) is 0 Å². The maximum atomic E-state index is 10.9. The molecule has 0 unspecified atom stereocenters. The molecule has 3 nitrogen and oxygen atoms in total. The Morgan fingerprint density at radius 3 is 3.06 bits per heavy atom. The fourth-order valence-electron chi connectivity index (χ4n) is 1.57. The van der Waals surface area contributed by atoms with Gasteiger partial charge in [-0.2, -0.15) is 0 Å². The number of carbonyl (C=O) groups excluding carboxylic acids is 1. The Balaban J connectivity index is 2.19. The summed E-state index contributed by atoms with van der Waals surface area (Å²) in [5.41, 5.74) is 0.616. The van der Waals surface area contributed by atoms with Crippen molar-refractivity contribution in [3.63, 3.8) is 0 Å². The van der Waals surface area contributed by atoms with Gasteiger partial charge in [-0.05, 0) is 34.1 Å². The lowest BCUT2D eigenvalue weighted by molar-refractivity contribution is 0.112. The first kappa shape index (κ1) is 12.3. The van der Waals surface area contributed by atoms with E-state index in [9.17, 15) is 4.79 Å². The molecule has 0 saturated heterocycles. The fraction of sp³-hybridized carbons (Fsp3) is 0.167. The SMILES string of the molecule is CN(Cc1cc(Br)cs1)c1ncccc1C=O. The first-order chi connectivity index (χ1) is 8.20. The van der Waals surface area contributed by atoms with Crippen LogP contribution in [0.4, 0.5) is 5.82 Å². The van der Waals surface area contributed by atoms with Gasteiger partial charge in [-0.25, -0.2) is 4.98 Å². The minimum atomic E-state index is 0.616. The van der Waals surface area contributed by atoms with Crippen molar-refractivity contribution < 1.29 is 4.79 Å². The number of hydrogen-bond donors (Lipinski definition) is 0. The summed E-state index contributed by atoms with van der Waals surface area (Å²) in [5.74, 6) is 0.715. The molecule has 0 saturated carbocycles. The number of halogens is 1. The highest BCUT2D eigenvalue weighted by atomic mass is 79.9. The van der Waals surface area contributed by atoms with E-state index in [4.69, 9.17) is 0 Å². The molecule has 5 heteroatoms. The van der Waals surface area contributed by atoms with Gasteiger partial charge in [0.05, 0.1) is 12.1 Å². The highest BCUT2D eigenvalue weighted by Gasteiger charge is 2.09. The van der Waals surface area contributed by atoms with Gasteiger partial charge in [0.1, 0.15) is 5.82 Å². The molecule has 0 atom stereocenters. The molecular weight excluding hydrogens is 300 g/mol. The quantitative estimate of drug-likeness (QED) is 0.812. The number of aromatic nitrogens is 1. The van der Waals surface area contributed by atoms with Gasteiger partial charge in [-0.1, -0.05) is 0 Å². The number of carbonyl (C=O) groups is 1. The topological polar surface area (TPSA) is 33.2 Å². The van der Waals surface area contributed by atoms with Crippen LogP contribution in [0.15, 0.2) is 34.2 Å². The molecule has 0 N–H and O–H groups in total. The fourth-order valence-corrected chi connectivity index (χ4v) is 3.07. The summed E-state index contributed by atoms with van der Waals surface area (Å²) in [5, 5.41) is 2.04. The molecule has 0 aliphatic rings. The van der Waals surface area contributed by atoms with Crippen LogP contribution >= 0.6 is 27.3 Å². The van der Waals surface area contributed by atoms with Crippen LogP contribution in [0.25, 0.3) is 0 Å².